The zero-order chi connectivity index (χ0) is 30.8. The number of nitriles is 1. The first-order chi connectivity index (χ1) is 22.0. The number of azo groups is 1. The van der Waals surface area contributed by atoms with Gasteiger partial charge in [-0.25, -0.2) is 14.8 Å². The van der Waals surface area contributed by atoms with Gasteiger partial charge in [-0.05, 0) is 42.5 Å². The highest BCUT2D eigenvalue weighted by molar-refractivity contribution is 5.89. The number of urea groups is 1. The number of nitrogens with one attached hydrogen (secondary N) is 2. The Bertz CT molecular complexity index is 1650. The molecule has 0 radical (unpaired) electrons. The summed E-state index contributed by atoms with van der Waals surface area (Å²) >= 11 is 0. The molecule has 3 aromatic rings. The van der Waals surface area contributed by atoms with E-state index < -0.39 is 12.2 Å². The van der Waals surface area contributed by atoms with Gasteiger partial charge in [0.2, 0.25) is 12.1 Å². The summed E-state index contributed by atoms with van der Waals surface area (Å²) < 4.78 is 11.4. The summed E-state index contributed by atoms with van der Waals surface area (Å²) in [4.78, 5) is 43.5. The molecule has 3 fully saturated rings. The molecule has 15 heteroatoms. The highest BCUT2D eigenvalue weighted by atomic mass is 16.5. The molecule has 230 valence electrons. The van der Waals surface area contributed by atoms with E-state index in [-0.39, 0.29) is 12.0 Å². The number of benzene rings is 2. The maximum absolute atomic E-state index is 12.6. The van der Waals surface area contributed by atoms with E-state index in [0.29, 0.717) is 54.2 Å². The van der Waals surface area contributed by atoms with Crippen LogP contribution in [0.4, 0.5) is 22.1 Å². The van der Waals surface area contributed by atoms with Gasteiger partial charge in [0.05, 0.1) is 31.4 Å². The van der Waals surface area contributed by atoms with Gasteiger partial charge in [0.15, 0.2) is 5.82 Å². The Balaban J connectivity index is 0.962. The maximum atomic E-state index is 12.6. The molecule has 1 aromatic heterocycles. The smallest absolute Gasteiger partial charge is 0.361 e. The van der Waals surface area contributed by atoms with Gasteiger partial charge in [0, 0.05) is 56.1 Å². The molecule has 0 bridgehead atoms. The van der Waals surface area contributed by atoms with E-state index in [4.69, 9.17) is 9.47 Å². The van der Waals surface area contributed by atoms with Crippen LogP contribution in [0, 0.1) is 11.3 Å². The lowest BCUT2D eigenvalue weighted by Gasteiger charge is -2.43. The summed E-state index contributed by atoms with van der Waals surface area (Å²) in [5.74, 6) is 0.861. The Hall–Kier alpha value is -5.20. The number of nitrogens with zero attached hydrogens (tertiary/aromatic N) is 9. The van der Waals surface area contributed by atoms with Gasteiger partial charge in [-0.3, -0.25) is 9.69 Å². The van der Waals surface area contributed by atoms with Crippen molar-refractivity contribution in [1.82, 2.24) is 30.1 Å². The molecule has 5 heterocycles. The Kier molecular flexibility index (Phi) is 7.89. The Morgan fingerprint density at radius 1 is 1.07 bits per heavy atom. The Labute approximate surface area is 258 Å². The molecule has 4 aliphatic rings. The number of anilines is 3. The number of ether oxygens (including phenoxy) is 2. The third-order valence-corrected chi connectivity index (χ3v) is 8.38. The monoisotopic (exact) mass is 609 g/mol. The lowest BCUT2D eigenvalue weighted by Crippen LogP contribution is -2.56. The first kappa shape index (κ1) is 28.6. The standard InChI is InChI=1S/C30H31N11O4/c31-14-20-13-19(1-6-25(20)45-24-7-8-41(15-24)28(42)27-36-30(43)38-37-27)26-32-18-33-29(35-26)34-21-2-4-22(5-3-21)39-9-11-40(12-10-39)23-16-44-17-23/h1-6,13,18,23-24,27H,7-12,15-17H2,(H,36,43)(H,32,33,34,35)/t24-,27?/m1/s1. The van der Waals surface area contributed by atoms with Crippen molar-refractivity contribution in [3.05, 3.63) is 54.4 Å². The largest absolute Gasteiger partial charge is 0.487 e. The molecule has 0 aliphatic carbocycles. The van der Waals surface area contributed by atoms with Crippen molar-refractivity contribution in [2.45, 2.75) is 24.7 Å². The summed E-state index contributed by atoms with van der Waals surface area (Å²) in [6, 6.07) is 15.5. The van der Waals surface area contributed by atoms with Gasteiger partial charge in [-0.1, -0.05) is 5.11 Å². The first-order valence-corrected chi connectivity index (χ1v) is 14.9. The van der Waals surface area contributed by atoms with Gasteiger partial charge < -0.3 is 29.9 Å². The minimum atomic E-state index is -0.997. The van der Waals surface area contributed by atoms with Crippen molar-refractivity contribution in [3.8, 4) is 23.2 Å². The topological polar surface area (TPSA) is 174 Å². The summed E-state index contributed by atoms with van der Waals surface area (Å²) in [7, 11) is 0. The van der Waals surface area contributed by atoms with Crippen LogP contribution in [0.15, 0.2) is 59.0 Å². The fraction of sp³-hybridized carbons (Fsp3) is 0.400. The van der Waals surface area contributed by atoms with Crippen molar-refractivity contribution >= 4 is 29.3 Å². The number of piperazine rings is 1. The minimum Gasteiger partial charge on any atom is -0.487 e. The predicted octanol–water partition coefficient (Wildman–Crippen LogP) is 2.16. The molecule has 4 aliphatic heterocycles. The fourth-order valence-corrected chi connectivity index (χ4v) is 5.79. The number of rotatable bonds is 8. The van der Waals surface area contributed by atoms with Gasteiger partial charge in [0.1, 0.15) is 24.3 Å². The van der Waals surface area contributed by atoms with Crippen LogP contribution >= 0.6 is 0 Å². The van der Waals surface area contributed by atoms with Crippen LogP contribution in [0.5, 0.6) is 5.75 Å². The third kappa shape index (κ3) is 6.24. The lowest BCUT2D eigenvalue weighted by atomic mass is 10.1. The van der Waals surface area contributed by atoms with Crippen LogP contribution in [0.1, 0.15) is 12.0 Å². The average Bonchev–Trinajstić information content (AvgIpc) is 3.70. The molecule has 7 rings (SSSR count). The number of likely N-dealkylation sites (tertiary alicyclic amines) is 1. The Morgan fingerprint density at radius 2 is 1.89 bits per heavy atom. The molecule has 3 amide bonds. The predicted molar refractivity (Wildman–Crippen MR) is 161 cm³/mol. The number of aromatic nitrogens is 3. The highest BCUT2D eigenvalue weighted by Crippen LogP contribution is 2.28. The molecule has 2 atom stereocenters. The molecule has 45 heavy (non-hydrogen) atoms. The second-order valence-corrected chi connectivity index (χ2v) is 11.2. The third-order valence-electron chi connectivity index (χ3n) is 8.38. The molecular weight excluding hydrogens is 578 g/mol. The van der Waals surface area contributed by atoms with Crippen molar-refractivity contribution in [2.24, 2.45) is 10.2 Å². The fourth-order valence-electron chi connectivity index (χ4n) is 5.79. The summed E-state index contributed by atoms with van der Waals surface area (Å²) in [6.07, 6.45) is 0.696. The Morgan fingerprint density at radius 3 is 2.60 bits per heavy atom. The first-order valence-electron chi connectivity index (χ1n) is 14.9. The zero-order valence-corrected chi connectivity index (χ0v) is 24.4. The molecule has 0 saturated carbocycles. The van der Waals surface area contributed by atoms with Crippen molar-refractivity contribution in [1.29, 1.82) is 5.26 Å². The second kappa shape index (κ2) is 12.4. The van der Waals surface area contributed by atoms with Crippen molar-refractivity contribution < 1.29 is 19.1 Å². The quantitative estimate of drug-likeness (QED) is 0.383. The van der Waals surface area contributed by atoms with Gasteiger partial charge in [-0.15, -0.1) is 5.11 Å². The average molecular weight is 610 g/mol. The van der Waals surface area contributed by atoms with Crippen molar-refractivity contribution in [2.75, 3.05) is 62.7 Å². The maximum Gasteiger partial charge on any atom is 0.361 e. The van der Waals surface area contributed by atoms with E-state index in [0.717, 1.165) is 45.1 Å². The molecular formula is C30H31N11O4. The van der Waals surface area contributed by atoms with E-state index in [1.807, 2.05) is 12.1 Å². The van der Waals surface area contributed by atoms with E-state index >= 15 is 0 Å². The van der Waals surface area contributed by atoms with E-state index in [2.05, 4.69) is 63.8 Å². The van der Waals surface area contributed by atoms with Crippen LogP contribution in [0.25, 0.3) is 11.4 Å². The summed E-state index contributed by atoms with van der Waals surface area (Å²) in [5, 5.41) is 22.5. The zero-order valence-electron chi connectivity index (χ0n) is 24.4. The van der Waals surface area contributed by atoms with Gasteiger partial charge >= 0.3 is 6.03 Å². The van der Waals surface area contributed by atoms with Gasteiger partial charge in [0.25, 0.3) is 5.91 Å². The summed E-state index contributed by atoms with van der Waals surface area (Å²) in [6.45, 7) is 6.51. The van der Waals surface area contributed by atoms with Gasteiger partial charge in [-0.2, -0.15) is 10.2 Å². The lowest BCUT2D eigenvalue weighted by molar-refractivity contribution is -0.132. The normalized spacial score (nSPS) is 21.7. The molecule has 2 aromatic carbocycles. The van der Waals surface area contributed by atoms with Crippen LogP contribution in [0.2, 0.25) is 0 Å². The molecule has 15 nitrogen and oxygen atoms in total. The molecule has 1 unspecified atom stereocenters. The number of carbonyl (C=O) groups is 2. The molecule has 0 spiro atoms. The van der Waals surface area contributed by atoms with E-state index in [1.165, 1.54) is 12.0 Å². The number of hydrogen-bond donors (Lipinski definition) is 2. The highest BCUT2D eigenvalue weighted by Gasteiger charge is 2.35. The second-order valence-electron chi connectivity index (χ2n) is 11.2. The van der Waals surface area contributed by atoms with E-state index in [9.17, 15) is 14.9 Å². The number of amides is 3. The van der Waals surface area contributed by atoms with Crippen molar-refractivity contribution in [3.63, 3.8) is 0 Å². The molecule has 2 N–H and O–H groups in total. The van der Waals surface area contributed by atoms with E-state index in [1.54, 1.807) is 23.1 Å². The van der Waals surface area contributed by atoms with Crippen LogP contribution in [-0.2, 0) is 9.53 Å². The number of carbonyl (C=O) groups excluding carboxylic acids is 2. The van der Waals surface area contributed by atoms with Crippen LogP contribution < -0.4 is 20.3 Å². The molecule has 3 saturated heterocycles. The minimum absolute atomic E-state index is 0.309. The van der Waals surface area contributed by atoms with Crippen LogP contribution in [0.3, 0.4) is 0 Å². The number of hydrogen-bond acceptors (Lipinski definition) is 12. The van der Waals surface area contributed by atoms with Crippen LogP contribution in [-0.4, -0.2) is 107 Å². The SMILES string of the molecule is N#Cc1cc(-c2ncnc(Nc3ccc(N4CCN(C5COC5)CC4)cc3)n2)ccc1O[C@@H]1CCN(C(=O)C2N=NC(=O)N2)C1. The summed E-state index contributed by atoms with van der Waals surface area (Å²) in [5.41, 5.74) is 2.99.